The molecule has 1 aliphatic rings. The van der Waals surface area contributed by atoms with Crippen LogP contribution in [0.15, 0.2) is 17.5 Å². The van der Waals surface area contributed by atoms with Gasteiger partial charge in [-0.3, -0.25) is 4.79 Å². The molecule has 1 saturated heterocycles. The van der Waals surface area contributed by atoms with Gasteiger partial charge in [-0.1, -0.05) is 19.9 Å². The van der Waals surface area contributed by atoms with Gasteiger partial charge in [-0.15, -0.1) is 11.3 Å². The summed E-state index contributed by atoms with van der Waals surface area (Å²) in [6.45, 7) is 5.31. The van der Waals surface area contributed by atoms with Gasteiger partial charge in [0.2, 0.25) is 0 Å². The maximum Gasteiger partial charge on any atom is 0.317 e. The summed E-state index contributed by atoms with van der Waals surface area (Å²) in [5, 5.41) is 13.7. The molecule has 2 N–H and O–H groups in total. The van der Waals surface area contributed by atoms with E-state index in [2.05, 4.69) is 25.2 Å². The van der Waals surface area contributed by atoms with Crippen LogP contribution in [0.2, 0.25) is 0 Å². The molecule has 2 heterocycles. The summed E-state index contributed by atoms with van der Waals surface area (Å²) >= 11 is 1.67. The van der Waals surface area contributed by atoms with Gasteiger partial charge in [0.15, 0.2) is 0 Å². The molecular formula is C13H18N2O3S. The van der Waals surface area contributed by atoms with Crippen LogP contribution in [0, 0.1) is 5.92 Å². The lowest BCUT2D eigenvalue weighted by Crippen LogP contribution is -2.57. The summed E-state index contributed by atoms with van der Waals surface area (Å²) in [7, 11) is 0. The van der Waals surface area contributed by atoms with Crippen molar-refractivity contribution in [2.24, 2.45) is 5.92 Å². The van der Waals surface area contributed by atoms with Crippen molar-refractivity contribution in [1.29, 1.82) is 0 Å². The molecule has 0 spiro atoms. The number of carboxylic acids is 1. The molecule has 0 radical (unpaired) electrons. The van der Waals surface area contributed by atoms with Crippen LogP contribution in [0.25, 0.3) is 0 Å². The van der Waals surface area contributed by atoms with E-state index in [4.69, 9.17) is 5.11 Å². The zero-order valence-corrected chi connectivity index (χ0v) is 11.9. The summed E-state index contributed by atoms with van der Waals surface area (Å²) in [4.78, 5) is 25.3. The van der Waals surface area contributed by atoms with Crippen molar-refractivity contribution < 1.29 is 14.7 Å². The summed E-state index contributed by atoms with van der Waals surface area (Å²) in [6.07, 6.45) is 0. The van der Waals surface area contributed by atoms with Crippen LogP contribution in [-0.2, 0) is 10.2 Å². The lowest BCUT2D eigenvalue weighted by Gasteiger charge is -2.37. The van der Waals surface area contributed by atoms with Crippen LogP contribution in [-0.4, -0.2) is 41.6 Å². The number of carbonyl (C=O) groups is 2. The number of hydrogen-bond acceptors (Lipinski definition) is 3. The first-order chi connectivity index (χ1) is 8.90. The van der Waals surface area contributed by atoms with Crippen LogP contribution in [0.3, 0.4) is 0 Å². The van der Waals surface area contributed by atoms with Gasteiger partial charge in [0.25, 0.3) is 0 Å². The highest BCUT2D eigenvalue weighted by Gasteiger charge is 2.36. The average molecular weight is 282 g/mol. The number of thiophene rings is 1. The minimum atomic E-state index is -0.831. The maximum absolute atomic E-state index is 11.8. The zero-order valence-electron chi connectivity index (χ0n) is 11.0. The fourth-order valence-electron chi connectivity index (χ4n) is 1.96. The average Bonchev–Trinajstić information content (AvgIpc) is 2.77. The minimum absolute atomic E-state index is 0.110. The summed E-state index contributed by atoms with van der Waals surface area (Å²) in [6, 6.07) is 3.87. The molecule has 2 rings (SSSR count). The molecule has 0 saturated carbocycles. The van der Waals surface area contributed by atoms with E-state index < -0.39 is 11.9 Å². The Kier molecular flexibility index (Phi) is 3.80. The number of amides is 2. The number of aliphatic carboxylic acids is 1. The number of rotatable bonds is 4. The Hall–Kier alpha value is -1.56. The first-order valence-electron chi connectivity index (χ1n) is 6.20. The van der Waals surface area contributed by atoms with E-state index in [1.165, 1.54) is 9.78 Å². The first-order valence-corrected chi connectivity index (χ1v) is 7.08. The van der Waals surface area contributed by atoms with Crippen LogP contribution >= 0.6 is 11.3 Å². The smallest absolute Gasteiger partial charge is 0.317 e. The van der Waals surface area contributed by atoms with Gasteiger partial charge in [-0.2, -0.15) is 0 Å². The number of nitrogens with zero attached hydrogens (tertiary/aromatic N) is 1. The Balaban J connectivity index is 1.80. The first kappa shape index (κ1) is 13.9. The van der Waals surface area contributed by atoms with Crippen molar-refractivity contribution in [2.45, 2.75) is 19.3 Å². The van der Waals surface area contributed by atoms with Gasteiger partial charge in [0.1, 0.15) is 0 Å². The van der Waals surface area contributed by atoms with Crippen molar-refractivity contribution in [3.8, 4) is 0 Å². The highest BCUT2D eigenvalue weighted by molar-refractivity contribution is 7.10. The molecule has 104 valence electrons. The Morgan fingerprint density at radius 1 is 1.53 bits per heavy atom. The highest BCUT2D eigenvalue weighted by atomic mass is 32.1. The van der Waals surface area contributed by atoms with E-state index in [0.29, 0.717) is 19.6 Å². The number of likely N-dealkylation sites (tertiary alicyclic amines) is 1. The van der Waals surface area contributed by atoms with E-state index >= 15 is 0 Å². The van der Waals surface area contributed by atoms with Gasteiger partial charge in [-0.05, 0) is 11.4 Å². The van der Waals surface area contributed by atoms with E-state index in [-0.39, 0.29) is 11.4 Å². The molecule has 0 atom stereocenters. The van der Waals surface area contributed by atoms with Crippen LogP contribution in [0.5, 0.6) is 0 Å². The molecule has 1 fully saturated rings. The molecule has 0 aliphatic carbocycles. The third-order valence-electron chi connectivity index (χ3n) is 3.39. The Labute approximate surface area is 116 Å². The molecule has 5 nitrogen and oxygen atoms in total. The standard InChI is InChI=1S/C13H18N2O3S/c1-13(2,10-4-3-5-19-10)8-14-12(18)15-6-9(7-15)11(16)17/h3-5,9H,6-8H2,1-2H3,(H,14,18)(H,16,17). The lowest BCUT2D eigenvalue weighted by molar-refractivity contribution is -0.146. The maximum atomic E-state index is 11.8. The third-order valence-corrected chi connectivity index (χ3v) is 4.62. The van der Waals surface area contributed by atoms with E-state index in [1.54, 1.807) is 11.3 Å². The Morgan fingerprint density at radius 3 is 2.74 bits per heavy atom. The van der Waals surface area contributed by atoms with Gasteiger partial charge in [-0.25, -0.2) is 4.79 Å². The Bertz CT molecular complexity index is 464. The van der Waals surface area contributed by atoms with Crippen molar-refractivity contribution in [3.63, 3.8) is 0 Å². The van der Waals surface area contributed by atoms with E-state index in [0.717, 1.165) is 0 Å². The normalized spacial score (nSPS) is 16.0. The molecule has 1 aromatic rings. The monoisotopic (exact) mass is 282 g/mol. The van der Waals surface area contributed by atoms with Crippen molar-refractivity contribution in [2.75, 3.05) is 19.6 Å². The minimum Gasteiger partial charge on any atom is -0.481 e. The number of urea groups is 1. The fraction of sp³-hybridized carbons (Fsp3) is 0.538. The lowest BCUT2D eigenvalue weighted by atomic mass is 9.91. The van der Waals surface area contributed by atoms with Gasteiger partial charge < -0.3 is 15.3 Å². The molecule has 0 bridgehead atoms. The summed E-state index contributed by atoms with van der Waals surface area (Å²) < 4.78 is 0. The topological polar surface area (TPSA) is 69.6 Å². The third kappa shape index (κ3) is 3.07. The molecule has 1 aliphatic heterocycles. The predicted molar refractivity (Wildman–Crippen MR) is 73.4 cm³/mol. The van der Waals surface area contributed by atoms with Crippen molar-refractivity contribution in [3.05, 3.63) is 22.4 Å². The molecule has 2 amide bonds. The van der Waals surface area contributed by atoms with E-state index in [9.17, 15) is 9.59 Å². The van der Waals surface area contributed by atoms with Crippen LogP contribution in [0.4, 0.5) is 4.79 Å². The zero-order chi connectivity index (χ0) is 14.0. The number of hydrogen-bond donors (Lipinski definition) is 2. The fourth-order valence-corrected chi connectivity index (χ4v) is 2.81. The number of carbonyl (C=O) groups excluding carboxylic acids is 1. The van der Waals surface area contributed by atoms with Gasteiger partial charge in [0.05, 0.1) is 5.92 Å². The molecule has 19 heavy (non-hydrogen) atoms. The number of carboxylic acid groups (broad SMARTS) is 1. The quantitative estimate of drug-likeness (QED) is 0.884. The van der Waals surface area contributed by atoms with Crippen LogP contribution in [0.1, 0.15) is 18.7 Å². The Morgan fingerprint density at radius 2 is 2.21 bits per heavy atom. The largest absolute Gasteiger partial charge is 0.481 e. The summed E-state index contributed by atoms with van der Waals surface area (Å²) in [5.74, 6) is -1.24. The molecular weight excluding hydrogens is 264 g/mol. The molecule has 1 aromatic heterocycles. The molecule has 0 aromatic carbocycles. The van der Waals surface area contributed by atoms with Gasteiger partial charge in [0, 0.05) is 29.9 Å². The number of nitrogens with one attached hydrogen (secondary N) is 1. The predicted octanol–water partition coefficient (Wildman–Crippen LogP) is 1.75. The summed E-state index contributed by atoms with van der Waals surface area (Å²) in [5.41, 5.74) is -0.110. The second kappa shape index (κ2) is 5.21. The SMILES string of the molecule is CC(C)(CNC(=O)N1CC(C(=O)O)C1)c1cccs1. The van der Waals surface area contributed by atoms with Gasteiger partial charge >= 0.3 is 12.0 Å². The van der Waals surface area contributed by atoms with Crippen molar-refractivity contribution >= 4 is 23.3 Å². The second-order valence-corrected chi connectivity index (χ2v) is 6.41. The molecule has 6 heteroatoms. The molecule has 0 unspecified atom stereocenters. The highest BCUT2D eigenvalue weighted by Crippen LogP contribution is 2.26. The second-order valence-electron chi connectivity index (χ2n) is 5.46. The van der Waals surface area contributed by atoms with E-state index in [1.807, 2.05) is 11.4 Å². The van der Waals surface area contributed by atoms with Crippen molar-refractivity contribution in [1.82, 2.24) is 10.2 Å². The van der Waals surface area contributed by atoms with Crippen LogP contribution < -0.4 is 5.32 Å².